The molecule has 0 bridgehead atoms. The van der Waals surface area contributed by atoms with Crippen LogP contribution in [0.2, 0.25) is 0 Å². The lowest BCUT2D eigenvalue weighted by Gasteiger charge is -2.17. The van der Waals surface area contributed by atoms with Crippen LogP contribution in [0.4, 0.5) is 11.4 Å². The maximum atomic E-state index is 12.6. The van der Waals surface area contributed by atoms with Crippen molar-refractivity contribution < 1.29 is 14.3 Å². The number of ether oxygens (including phenoxy) is 1. The highest BCUT2D eigenvalue weighted by Gasteiger charge is 2.26. The number of nitrogens with one attached hydrogen (secondary N) is 1. The summed E-state index contributed by atoms with van der Waals surface area (Å²) < 4.78 is 4.95. The molecule has 2 heterocycles. The van der Waals surface area contributed by atoms with E-state index in [2.05, 4.69) is 11.4 Å². The van der Waals surface area contributed by atoms with Crippen molar-refractivity contribution in [1.82, 2.24) is 0 Å². The molecule has 2 aliphatic heterocycles. The molecule has 2 aromatic carbocycles. The molecule has 0 unspecified atom stereocenters. The van der Waals surface area contributed by atoms with E-state index in [0.29, 0.717) is 19.4 Å². The van der Waals surface area contributed by atoms with Gasteiger partial charge in [-0.3, -0.25) is 4.79 Å². The van der Waals surface area contributed by atoms with Crippen LogP contribution < -0.4 is 10.2 Å². The number of amides is 1. The van der Waals surface area contributed by atoms with Crippen molar-refractivity contribution in [3.63, 3.8) is 0 Å². The standard InChI is InChI=1S/C20H20N2O3/c23-19(22-11-9-15-3-1-2-4-18(15)22)13-14-5-7-16(8-6-14)21-17-10-12-25-20(17)24/h1-8,17,21H,9-13H2/t17-/m1/s1. The molecule has 0 radical (unpaired) electrons. The Hall–Kier alpha value is -2.82. The molecule has 5 nitrogen and oxygen atoms in total. The number of para-hydroxylation sites is 1. The van der Waals surface area contributed by atoms with Gasteiger partial charge in [-0.05, 0) is 35.7 Å². The van der Waals surface area contributed by atoms with Crippen LogP contribution >= 0.6 is 0 Å². The predicted octanol–water partition coefficient (Wildman–Crippen LogP) is 2.55. The van der Waals surface area contributed by atoms with Gasteiger partial charge in [-0.25, -0.2) is 4.79 Å². The van der Waals surface area contributed by atoms with Crippen molar-refractivity contribution >= 4 is 23.3 Å². The average molecular weight is 336 g/mol. The number of hydrogen-bond donors (Lipinski definition) is 1. The van der Waals surface area contributed by atoms with Crippen molar-refractivity contribution in [3.05, 3.63) is 59.7 Å². The van der Waals surface area contributed by atoms with Crippen LogP contribution in [0, 0.1) is 0 Å². The SMILES string of the molecule is O=C1OCC[C@H]1Nc1ccc(CC(=O)N2CCc3ccccc32)cc1. The Bertz CT molecular complexity index is 801. The largest absolute Gasteiger partial charge is 0.464 e. The van der Waals surface area contributed by atoms with Gasteiger partial charge in [0, 0.05) is 24.3 Å². The van der Waals surface area contributed by atoms with Crippen LogP contribution in [-0.2, 0) is 27.2 Å². The summed E-state index contributed by atoms with van der Waals surface area (Å²) in [4.78, 5) is 26.0. The molecule has 1 saturated heterocycles. The Morgan fingerprint density at radius 3 is 2.72 bits per heavy atom. The number of anilines is 2. The summed E-state index contributed by atoms with van der Waals surface area (Å²) in [5.41, 5.74) is 4.10. The lowest BCUT2D eigenvalue weighted by Crippen LogP contribution is -2.30. The topological polar surface area (TPSA) is 58.6 Å². The first-order valence-corrected chi connectivity index (χ1v) is 8.61. The number of hydrogen-bond acceptors (Lipinski definition) is 4. The highest BCUT2D eigenvalue weighted by Crippen LogP contribution is 2.28. The Labute approximate surface area is 146 Å². The predicted molar refractivity (Wildman–Crippen MR) is 95.6 cm³/mol. The van der Waals surface area contributed by atoms with E-state index < -0.39 is 0 Å². The van der Waals surface area contributed by atoms with Crippen LogP contribution in [0.3, 0.4) is 0 Å². The second kappa shape index (κ2) is 6.59. The van der Waals surface area contributed by atoms with Gasteiger partial charge in [0.25, 0.3) is 0 Å². The molecule has 1 amide bonds. The minimum atomic E-state index is -0.270. The van der Waals surface area contributed by atoms with Gasteiger partial charge in [0.2, 0.25) is 5.91 Å². The van der Waals surface area contributed by atoms with E-state index in [9.17, 15) is 9.59 Å². The van der Waals surface area contributed by atoms with Crippen LogP contribution in [0.25, 0.3) is 0 Å². The van der Waals surface area contributed by atoms with E-state index in [1.165, 1.54) is 5.56 Å². The minimum Gasteiger partial charge on any atom is -0.464 e. The van der Waals surface area contributed by atoms with Crippen molar-refractivity contribution in [2.45, 2.75) is 25.3 Å². The quantitative estimate of drug-likeness (QED) is 0.872. The maximum absolute atomic E-state index is 12.6. The lowest BCUT2D eigenvalue weighted by molar-refractivity contribution is -0.138. The molecule has 5 heteroatoms. The van der Waals surface area contributed by atoms with E-state index in [0.717, 1.165) is 29.9 Å². The van der Waals surface area contributed by atoms with Crippen molar-refractivity contribution in [1.29, 1.82) is 0 Å². The number of cyclic esters (lactones) is 1. The van der Waals surface area contributed by atoms with Gasteiger partial charge in [0.15, 0.2) is 0 Å². The molecule has 0 aromatic heterocycles. The van der Waals surface area contributed by atoms with Crippen LogP contribution in [0.5, 0.6) is 0 Å². The summed E-state index contributed by atoms with van der Waals surface area (Å²) in [6, 6.07) is 15.5. The van der Waals surface area contributed by atoms with Crippen LogP contribution in [0.1, 0.15) is 17.5 Å². The first kappa shape index (κ1) is 15.7. The zero-order valence-electron chi connectivity index (χ0n) is 13.9. The zero-order chi connectivity index (χ0) is 17.2. The molecule has 2 aromatic rings. The molecule has 0 spiro atoms. The Balaban J connectivity index is 1.40. The summed E-state index contributed by atoms with van der Waals surface area (Å²) in [5.74, 6) is -0.0861. The Morgan fingerprint density at radius 1 is 1.16 bits per heavy atom. The second-order valence-corrected chi connectivity index (χ2v) is 6.45. The molecule has 0 saturated carbocycles. The average Bonchev–Trinajstić information content (AvgIpc) is 3.23. The molecule has 1 fully saturated rings. The fourth-order valence-electron chi connectivity index (χ4n) is 3.41. The highest BCUT2D eigenvalue weighted by atomic mass is 16.5. The molecule has 1 atom stereocenters. The molecule has 128 valence electrons. The van der Waals surface area contributed by atoms with Gasteiger partial charge in [0.05, 0.1) is 13.0 Å². The highest BCUT2D eigenvalue weighted by molar-refractivity contribution is 5.96. The minimum absolute atomic E-state index is 0.116. The third-order valence-corrected chi connectivity index (χ3v) is 4.77. The van der Waals surface area contributed by atoms with Gasteiger partial charge in [-0.15, -0.1) is 0 Å². The number of carbonyl (C=O) groups is 2. The van der Waals surface area contributed by atoms with Crippen molar-refractivity contribution in [2.24, 2.45) is 0 Å². The van der Waals surface area contributed by atoms with Crippen LogP contribution in [-0.4, -0.2) is 31.1 Å². The molecule has 25 heavy (non-hydrogen) atoms. The molecule has 0 aliphatic carbocycles. The van der Waals surface area contributed by atoms with E-state index in [4.69, 9.17) is 4.74 Å². The summed E-state index contributed by atoms with van der Waals surface area (Å²) in [7, 11) is 0. The Morgan fingerprint density at radius 2 is 1.96 bits per heavy atom. The lowest BCUT2D eigenvalue weighted by atomic mass is 10.1. The maximum Gasteiger partial charge on any atom is 0.328 e. The zero-order valence-corrected chi connectivity index (χ0v) is 13.9. The number of rotatable bonds is 4. The van der Waals surface area contributed by atoms with E-state index in [1.54, 1.807) is 0 Å². The molecule has 2 aliphatic rings. The number of esters is 1. The monoisotopic (exact) mass is 336 g/mol. The summed E-state index contributed by atoms with van der Waals surface area (Å²) >= 11 is 0. The van der Waals surface area contributed by atoms with Gasteiger partial charge in [-0.1, -0.05) is 30.3 Å². The van der Waals surface area contributed by atoms with E-state index in [-0.39, 0.29) is 17.9 Å². The molecule has 4 rings (SSSR count). The summed E-state index contributed by atoms with van der Waals surface area (Å²) in [5, 5.41) is 3.17. The number of benzene rings is 2. The Kier molecular flexibility index (Phi) is 4.14. The summed E-state index contributed by atoms with van der Waals surface area (Å²) in [6.45, 7) is 1.22. The molecular weight excluding hydrogens is 316 g/mol. The second-order valence-electron chi connectivity index (χ2n) is 6.45. The van der Waals surface area contributed by atoms with Gasteiger partial charge < -0.3 is 15.0 Å². The van der Waals surface area contributed by atoms with Gasteiger partial charge >= 0.3 is 5.97 Å². The molecule has 1 N–H and O–H groups in total. The van der Waals surface area contributed by atoms with E-state index >= 15 is 0 Å². The molecular formula is C20H20N2O3. The number of nitrogens with zero attached hydrogens (tertiary/aromatic N) is 1. The first-order chi connectivity index (χ1) is 12.2. The third-order valence-electron chi connectivity index (χ3n) is 4.77. The normalized spacial score (nSPS) is 18.8. The van der Waals surface area contributed by atoms with Gasteiger partial charge in [-0.2, -0.15) is 0 Å². The van der Waals surface area contributed by atoms with Gasteiger partial charge in [0.1, 0.15) is 6.04 Å². The summed E-state index contributed by atoms with van der Waals surface area (Å²) in [6.07, 6.45) is 1.98. The van der Waals surface area contributed by atoms with Crippen molar-refractivity contribution in [2.75, 3.05) is 23.4 Å². The number of fused-ring (bicyclic) bond motifs is 1. The third kappa shape index (κ3) is 3.22. The fourth-order valence-corrected chi connectivity index (χ4v) is 3.41. The number of carbonyl (C=O) groups excluding carboxylic acids is 2. The van der Waals surface area contributed by atoms with Crippen LogP contribution in [0.15, 0.2) is 48.5 Å². The fraction of sp³-hybridized carbons (Fsp3) is 0.300. The smallest absolute Gasteiger partial charge is 0.328 e. The van der Waals surface area contributed by atoms with E-state index in [1.807, 2.05) is 47.4 Å². The van der Waals surface area contributed by atoms with Crippen molar-refractivity contribution in [3.8, 4) is 0 Å². The first-order valence-electron chi connectivity index (χ1n) is 8.61.